The van der Waals surface area contributed by atoms with Crippen LogP contribution in [0.25, 0.3) is 0 Å². The summed E-state index contributed by atoms with van der Waals surface area (Å²) < 4.78 is 5.98. The van der Waals surface area contributed by atoms with Crippen LogP contribution in [0.15, 0.2) is 35.8 Å². The molecule has 0 radical (unpaired) electrons. The van der Waals surface area contributed by atoms with Gasteiger partial charge in [-0.2, -0.15) is 0 Å². The van der Waals surface area contributed by atoms with Crippen LogP contribution in [0.5, 0.6) is 0 Å². The number of hydrogen-bond donors (Lipinski definition) is 1. The number of ether oxygens (including phenoxy) is 1. The maximum Gasteiger partial charge on any atom is 0.188 e. The maximum atomic E-state index is 5.98. The number of rotatable bonds is 4. The van der Waals surface area contributed by atoms with Crippen LogP contribution >= 0.6 is 11.3 Å². The first-order valence-electron chi connectivity index (χ1n) is 8.50. The Hall–Kier alpha value is -2.58. The van der Waals surface area contributed by atoms with Gasteiger partial charge in [0.15, 0.2) is 5.13 Å². The lowest BCUT2D eigenvalue weighted by Gasteiger charge is -2.33. The van der Waals surface area contributed by atoms with E-state index in [9.17, 15) is 0 Å². The summed E-state index contributed by atoms with van der Waals surface area (Å²) in [5, 5.41) is 5.98. The van der Waals surface area contributed by atoms with Gasteiger partial charge in [-0.25, -0.2) is 19.9 Å². The van der Waals surface area contributed by atoms with Crippen molar-refractivity contribution < 1.29 is 4.74 Å². The second-order valence-electron chi connectivity index (χ2n) is 6.13. The number of nitrogens with zero attached hydrogens (tertiary/aromatic N) is 5. The third-order valence-corrected chi connectivity index (χ3v) is 4.80. The Morgan fingerprint density at radius 3 is 2.96 bits per heavy atom. The highest BCUT2D eigenvalue weighted by molar-refractivity contribution is 7.13. The van der Waals surface area contributed by atoms with Gasteiger partial charge in [0.05, 0.1) is 18.8 Å². The third-order valence-electron chi connectivity index (χ3n) is 4.11. The molecule has 1 fully saturated rings. The number of aryl methyl sites for hydroxylation is 2. The second kappa shape index (κ2) is 7.35. The zero-order chi connectivity index (χ0) is 17.9. The average Bonchev–Trinajstić information content (AvgIpc) is 3.14. The van der Waals surface area contributed by atoms with Crippen molar-refractivity contribution in [2.24, 2.45) is 0 Å². The molecule has 3 aromatic heterocycles. The SMILES string of the molecule is Cc1cc(N2CCOC(c3cccc(Nc4nccs4)n3)C2)nc(C)n1. The summed E-state index contributed by atoms with van der Waals surface area (Å²) in [4.78, 5) is 20.1. The number of morpholine rings is 1. The monoisotopic (exact) mass is 368 g/mol. The molecule has 0 bridgehead atoms. The molecular weight excluding hydrogens is 348 g/mol. The molecule has 0 aromatic carbocycles. The Morgan fingerprint density at radius 1 is 1.23 bits per heavy atom. The predicted octanol–water partition coefficient (Wildman–Crippen LogP) is 3.27. The Bertz CT molecular complexity index is 865. The van der Waals surface area contributed by atoms with Crippen LogP contribution in [0.4, 0.5) is 16.8 Å². The molecule has 8 heteroatoms. The van der Waals surface area contributed by atoms with Crippen molar-refractivity contribution in [3.8, 4) is 0 Å². The highest BCUT2D eigenvalue weighted by atomic mass is 32.1. The lowest BCUT2D eigenvalue weighted by molar-refractivity contribution is 0.0368. The largest absolute Gasteiger partial charge is 0.368 e. The minimum absolute atomic E-state index is 0.0997. The highest BCUT2D eigenvalue weighted by Gasteiger charge is 2.24. The summed E-state index contributed by atoms with van der Waals surface area (Å²) in [6.45, 7) is 6.07. The second-order valence-corrected chi connectivity index (χ2v) is 7.02. The van der Waals surface area contributed by atoms with Gasteiger partial charge in [0, 0.05) is 29.9 Å². The van der Waals surface area contributed by atoms with E-state index in [1.54, 1.807) is 17.5 Å². The topological polar surface area (TPSA) is 76.1 Å². The van der Waals surface area contributed by atoms with Crippen LogP contribution in [0.3, 0.4) is 0 Å². The first-order valence-corrected chi connectivity index (χ1v) is 9.37. The average molecular weight is 368 g/mol. The van der Waals surface area contributed by atoms with E-state index < -0.39 is 0 Å². The van der Waals surface area contributed by atoms with Gasteiger partial charge in [0.2, 0.25) is 0 Å². The molecule has 0 saturated carbocycles. The van der Waals surface area contributed by atoms with Gasteiger partial charge in [-0.15, -0.1) is 11.3 Å². The zero-order valence-electron chi connectivity index (χ0n) is 14.7. The van der Waals surface area contributed by atoms with Gasteiger partial charge >= 0.3 is 0 Å². The normalized spacial score (nSPS) is 17.3. The molecule has 26 heavy (non-hydrogen) atoms. The molecule has 1 N–H and O–H groups in total. The predicted molar refractivity (Wildman–Crippen MR) is 102 cm³/mol. The van der Waals surface area contributed by atoms with Gasteiger partial charge in [0.1, 0.15) is 23.6 Å². The lowest BCUT2D eigenvalue weighted by atomic mass is 10.2. The quantitative estimate of drug-likeness (QED) is 0.757. The fourth-order valence-electron chi connectivity index (χ4n) is 2.99. The van der Waals surface area contributed by atoms with Gasteiger partial charge in [0.25, 0.3) is 0 Å². The molecule has 1 atom stereocenters. The number of anilines is 3. The van der Waals surface area contributed by atoms with Crippen molar-refractivity contribution in [2.45, 2.75) is 20.0 Å². The van der Waals surface area contributed by atoms with Gasteiger partial charge in [-0.3, -0.25) is 0 Å². The van der Waals surface area contributed by atoms with E-state index in [-0.39, 0.29) is 6.10 Å². The van der Waals surface area contributed by atoms with Crippen molar-refractivity contribution in [2.75, 3.05) is 29.9 Å². The minimum Gasteiger partial charge on any atom is -0.368 e. The van der Waals surface area contributed by atoms with Crippen LogP contribution in [0.1, 0.15) is 23.3 Å². The first kappa shape index (κ1) is 16.9. The fourth-order valence-corrected chi connectivity index (χ4v) is 3.53. The van der Waals surface area contributed by atoms with Crippen LogP contribution in [0.2, 0.25) is 0 Å². The standard InChI is InChI=1S/C18H20N6OS/c1-12-10-17(21-13(2)20-12)24-7-8-25-15(11-24)14-4-3-5-16(22-14)23-18-19-6-9-26-18/h3-6,9-10,15H,7-8,11H2,1-2H3,(H,19,22,23). The van der Waals surface area contributed by atoms with Crippen molar-refractivity contribution in [1.29, 1.82) is 0 Å². The smallest absolute Gasteiger partial charge is 0.188 e. The van der Waals surface area contributed by atoms with Crippen molar-refractivity contribution >= 4 is 28.1 Å². The zero-order valence-corrected chi connectivity index (χ0v) is 15.5. The number of nitrogens with one attached hydrogen (secondary N) is 1. The van der Waals surface area contributed by atoms with Crippen molar-refractivity contribution in [3.05, 3.63) is 53.1 Å². The van der Waals surface area contributed by atoms with Gasteiger partial charge < -0.3 is 15.0 Å². The van der Waals surface area contributed by atoms with Crippen LogP contribution in [0, 0.1) is 13.8 Å². The summed E-state index contributed by atoms with van der Waals surface area (Å²) in [5.41, 5.74) is 1.88. The lowest BCUT2D eigenvalue weighted by Crippen LogP contribution is -2.39. The molecule has 4 heterocycles. The summed E-state index contributed by atoms with van der Waals surface area (Å²) >= 11 is 1.54. The molecule has 1 unspecified atom stereocenters. The molecule has 1 saturated heterocycles. The third kappa shape index (κ3) is 3.81. The van der Waals surface area contributed by atoms with E-state index in [0.29, 0.717) is 13.2 Å². The fraction of sp³-hybridized carbons (Fsp3) is 0.333. The summed E-state index contributed by atoms with van der Waals surface area (Å²) in [6.07, 6.45) is 1.67. The summed E-state index contributed by atoms with van der Waals surface area (Å²) in [6, 6.07) is 7.93. The van der Waals surface area contributed by atoms with Crippen LogP contribution in [-0.2, 0) is 4.74 Å². The summed E-state index contributed by atoms with van der Waals surface area (Å²) in [7, 11) is 0. The van der Waals surface area contributed by atoms with Gasteiger partial charge in [-0.1, -0.05) is 6.07 Å². The molecule has 7 nitrogen and oxygen atoms in total. The first-order chi connectivity index (χ1) is 12.7. The molecular formula is C18H20N6OS. The Kier molecular flexibility index (Phi) is 4.77. The molecule has 134 valence electrons. The van der Waals surface area contributed by atoms with E-state index >= 15 is 0 Å². The van der Waals surface area contributed by atoms with Gasteiger partial charge in [-0.05, 0) is 26.0 Å². The van der Waals surface area contributed by atoms with Crippen molar-refractivity contribution in [3.63, 3.8) is 0 Å². The molecule has 1 aliphatic rings. The molecule has 1 aliphatic heterocycles. The van der Waals surface area contributed by atoms with Crippen LogP contribution in [-0.4, -0.2) is 39.6 Å². The van der Waals surface area contributed by atoms with E-state index in [2.05, 4.69) is 25.2 Å². The molecule has 0 spiro atoms. The highest BCUT2D eigenvalue weighted by Crippen LogP contribution is 2.26. The van der Waals surface area contributed by atoms with E-state index in [4.69, 9.17) is 9.72 Å². The molecule has 3 aromatic rings. The Labute approximate surface area is 156 Å². The molecule has 0 amide bonds. The van der Waals surface area contributed by atoms with E-state index in [0.717, 1.165) is 40.5 Å². The number of thiazole rings is 1. The Balaban J connectivity index is 1.52. The summed E-state index contributed by atoms with van der Waals surface area (Å²) in [5.74, 6) is 2.50. The van der Waals surface area contributed by atoms with Crippen LogP contribution < -0.4 is 10.2 Å². The number of pyridine rings is 1. The number of hydrogen-bond acceptors (Lipinski definition) is 8. The molecule has 0 aliphatic carbocycles. The maximum absolute atomic E-state index is 5.98. The Morgan fingerprint density at radius 2 is 2.15 bits per heavy atom. The molecule has 4 rings (SSSR count). The number of aromatic nitrogens is 4. The van der Waals surface area contributed by atoms with E-state index in [1.165, 1.54) is 0 Å². The minimum atomic E-state index is -0.0997. The van der Waals surface area contributed by atoms with Crippen molar-refractivity contribution in [1.82, 2.24) is 19.9 Å². The van der Waals surface area contributed by atoms with E-state index in [1.807, 2.05) is 43.5 Å².